The molecule has 0 aliphatic carbocycles. The summed E-state index contributed by atoms with van der Waals surface area (Å²) < 4.78 is 5.51. The van der Waals surface area contributed by atoms with E-state index in [2.05, 4.69) is 9.97 Å². The molecule has 2 aromatic carbocycles. The first-order valence-corrected chi connectivity index (χ1v) is 10.2. The van der Waals surface area contributed by atoms with E-state index < -0.39 is 5.97 Å². The molecule has 0 bridgehead atoms. The summed E-state index contributed by atoms with van der Waals surface area (Å²) in [6, 6.07) is 18.5. The smallest absolute Gasteiger partial charge is 0.339 e. The molecule has 7 heteroatoms. The second-order valence-electron chi connectivity index (χ2n) is 6.72. The molecule has 0 atom stereocenters. The number of benzene rings is 2. The lowest BCUT2D eigenvalue weighted by Crippen LogP contribution is -2.22. The van der Waals surface area contributed by atoms with Crippen LogP contribution < -0.4 is 4.90 Å². The molecule has 0 spiro atoms. The molecular formula is C23H19N3O3S. The number of ether oxygens (including phenoxy) is 1. The maximum absolute atomic E-state index is 12.7. The zero-order chi connectivity index (χ0) is 21.1. The number of fused-ring (bicyclic) bond motifs is 1. The van der Waals surface area contributed by atoms with Crippen molar-refractivity contribution in [2.75, 3.05) is 4.90 Å². The molecule has 0 N–H and O–H groups in total. The quantitative estimate of drug-likeness (QED) is 0.425. The maximum Gasteiger partial charge on any atom is 0.339 e. The lowest BCUT2D eigenvalue weighted by atomic mass is 10.1. The maximum atomic E-state index is 12.7. The normalized spacial score (nSPS) is 10.7. The molecule has 0 aliphatic rings. The Morgan fingerprint density at radius 3 is 2.53 bits per heavy atom. The minimum Gasteiger partial charge on any atom is -0.456 e. The molecule has 0 unspecified atom stereocenters. The lowest BCUT2D eigenvalue weighted by Gasteiger charge is -2.17. The highest BCUT2D eigenvalue weighted by atomic mass is 32.1. The SMILES string of the molecule is CC(=O)N(c1ccccc1)c1nc(COC(=O)c2cc(C)nc3ccccc23)cs1. The molecule has 4 aromatic rings. The van der Waals surface area contributed by atoms with E-state index in [9.17, 15) is 9.59 Å². The van der Waals surface area contributed by atoms with Gasteiger partial charge >= 0.3 is 5.97 Å². The second kappa shape index (κ2) is 8.42. The Labute approximate surface area is 177 Å². The number of anilines is 2. The molecule has 30 heavy (non-hydrogen) atoms. The van der Waals surface area contributed by atoms with Gasteiger partial charge in [-0.2, -0.15) is 0 Å². The van der Waals surface area contributed by atoms with Gasteiger partial charge in [0.2, 0.25) is 5.91 Å². The number of rotatable bonds is 5. The van der Waals surface area contributed by atoms with E-state index in [1.54, 1.807) is 11.4 Å². The number of aromatic nitrogens is 2. The summed E-state index contributed by atoms with van der Waals surface area (Å²) in [6.07, 6.45) is 0. The molecule has 0 saturated heterocycles. The van der Waals surface area contributed by atoms with Gasteiger partial charge in [-0.05, 0) is 31.2 Å². The Morgan fingerprint density at radius 2 is 1.77 bits per heavy atom. The molecule has 150 valence electrons. The van der Waals surface area contributed by atoms with E-state index in [0.29, 0.717) is 16.4 Å². The van der Waals surface area contributed by atoms with E-state index in [1.165, 1.54) is 23.2 Å². The predicted octanol–water partition coefficient (Wildman–Crippen LogP) is 5.04. The number of amides is 1. The van der Waals surface area contributed by atoms with Crippen LogP contribution in [0.15, 0.2) is 66.0 Å². The lowest BCUT2D eigenvalue weighted by molar-refractivity contribution is -0.115. The Hall–Kier alpha value is -3.58. The van der Waals surface area contributed by atoms with Gasteiger partial charge in [-0.1, -0.05) is 36.4 Å². The van der Waals surface area contributed by atoms with Crippen LogP contribution in [0, 0.1) is 6.92 Å². The van der Waals surface area contributed by atoms with E-state index in [4.69, 9.17) is 4.74 Å². The molecular weight excluding hydrogens is 398 g/mol. The molecule has 6 nitrogen and oxygen atoms in total. The van der Waals surface area contributed by atoms with Crippen LogP contribution in [0.1, 0.15) is 28.7 Å². The van der Waals surface area contributed by atoms with Crippen molar-refractivity contribution in [3.8, 4) is 0 Å². The summed E-state index contributed by atoms with van der Waals surface area (Å²) in [4.78, 5) is 35.4. The minimum atomic E-state index is -0.433. The van der Waals surface area contributed by atoms with E-state index in [1.807, 2.05) is 61.5 Å². The van der Waals surface area contributed by atoms with Crippen molar-refractivity contribution in [2.24, 2.45) is 0 Å². The van der Waals surface area contributed by atoms with Crippen molar-refractivity contribution < 1.29 is 14.3 Å². The highest BCUT2D eigenvalue weighted by Crippen LogP contribution is 2.29. The Kier molecular flexibility index (Phi) is 5.54. The second-order valence-corrected chi connectivity index (χ2v) is 7.55. The molecule has 2 aromatic heterocycles. The highest BCUT2D eigenvalue weighted by molar-refractivity contribution is 7.14. The van der Waals surface area contributed by atoms with Crippen molar-refractivity contribution in [1.82, 2.24) is 9.97 Å². The van der Waals surface area contributed by atoms with Crippen LogP contribution in [-0.2, 0) is 16.1 Å². The van der Waals surface area contributed by atoms with Crippen LogP contribution >= 0.6 is 11.3 Å². The van der Waals surface area contributed by atoms with Gasteiger partial charge in [0.25, 0.3) is 0 Å². The number of esters is 1. The number of carbonyl (C=O) groups is 2. The molecule has 4 rings (SSSR count). The summed E-state index contributed by atoms with van der Waals surface area (Å²) >= 11 is 1.33. The molecule has 0 aliphatic heterocycles. The van der Waals surface area contributed by atoms with Gasteiger partial charge in [-0.15, -0.1) is 11.3 Å². The minimum absolute atomic E-state index is 0.0194. The fraction of sp³-hybridized carbons (Fsp3) is 0.130. The van der Waals surface area contributed by atoms with Gasteiger partial charge in [0.1, 0.15) is 6.61 Å². The number of thiazole rings is 1. The Morgan fingerprint density at radius 1 is 1.03 bits per heavy atom. The van der Waals surface area contributed by atoms with Crippen molar-refractivity contribution in [1.29, 1.82) is 0 Å². The highest BCUT2D eigenvalue weighted by Gasteiger charge is 2.19. The summed E-state index contributed by atoms with van der Waals surface area (Å²) in [6.45, 7) is 3.35. The number of nitrogens with zero attached hydrogens (tertiary/aromatic N) is 3. The third-order valence-electron chi connectivity index (χ3n) is 4.48. The number of aryl methyl sites for hydroxylation is 1. The van der Waals surface area contributed by atoms with Crippen molar-refractivity contribution in [3.63, 3.8) is 0 Å². The monoisotopic (exact) mass is 417 g/mol. The van der Waals surface area contributed by atoms with Gasteiger partial charge in [0, 0.05) is 23.4 Å². The first-order valence-electron chi connectivity index (χ1n) is 9.36. The first-order chi connectivity index (χ1) is 14.5. The van der Waals surface area contributed by atoms with Crippen molar-refractivity contribution >= 4 is 44.9 Å². The summed E-state index contributed by atoms with van der Waals surface area (Å²) in [5.74, 6) is -0.574. The zero-order valence-corrected chi connectivity index (χ0v) is 17.3. The van der Waals surface area contributed by atoms with E-state index >= 15 is 0 Å². The largest absolute Gasteiger partial charge is 0.456 e. The van der Waals surface area contributed by atoms with Gasteiger partial charge in [-0.3, -0.25) is 14.7 Å². The zero-order valence-electron chi connectivity index (χ0n) is 16.5. The van der Waals surface area contributed by atoms with Gasteiger partial charge < -0.3 is 4.74 Å². The average Bonchev–Trinajstić information content (AvgIpc) is 3.20. The first kappa shape index (κ1) is 19.7. The number of para-hydroxylation sites is 2. The average molecular weight is 417 g/mol. The third-order valence-corrected chi connectivity index (χ3v) is 5.35. The number of hydrogen-bond donors (Lipinski definition) is 0. The predicted molar refractivity (Wildman–Crippen MR) is 117 cm³/mol. The summed E-state index contributed by atoms with van der Waals surface area (Å²) in [5.41, 5.74) is 3.29. The molecule has 1 amide bonds. The molecule has 0 saturated carbocycles. The Balaban J connectivity index is 1.52. The van der Waals surface area contributed by atoms with Gasteiger partial charge in [0.05, 0.1) is 22.5 Å². The Bertz CT molecular complexity index is 1220. The van der Waals surface area contributed by atoms with Crippen LogP contribution in [0.25, 0.3) is 10.9 Å². The van der Waals surface area contributed by atoms with Crippen LogP contribution in [-0.4, -0.2) is 21.8 Å². The molecule has 0 radical (unpaired) electrons. The van der Waals surface area contributed by atoms with Crippen LogP contribution in [0.5, 0.6) is 0 Å². The number of carbonyl (C=O) groups excluding carboxylic acids is 2. The van der Waals surface area contributed by atoms with Gasteiger partial charge in [0.15, 0.2) is 5.13 Å². The fourth-order valence-corrected chi connectivity index (χ4v) is 4.03. The topological polar surface area (TPSA) is 72.4 Å². The van der Waals surface area contributed by atoms with Crippen LogP contribution in [0.3, 0.4) is 0 Å². The fourth-order valence-electron chi connectivity index (χ4n) is 3.16. The third kappa shape index (κ3) is 4.06. The summed E-state index contributed by atoms with van der Waals surface area (Å²) in [5, 5.41) is 3.07. The summed E-state index contributed by atoms with van der Waals surface area (Å²) in [7, 11) is 0. The van der Waals surface area contributed by atoms with Crippen molar-refractivity contribution in [3.05, 3.63) is 83.0 Å². The van der Waals surface area contributed by atoms with Crippen LogP contribution in [0.2, 0.25) is 0 Å². The van der Waals surface area contributed by atoms with E-state index in [0.717, 1.165) is 22.3 Å². The van der Waals surface area contributed by atoms with Crippen molar-refractivity contribution in [2.45, 2.75) is 20.5 Å². The van der Waals surface area contributed by atoms with E-state index in [-0.39, 0.29) is 12.5 Å². The molecule has 2 heterocycles. The molecule has 0 fully saturated rings. The van der Waals surface area contributed by atoms with Gasteiger partial charge in [-0.25, -0.2) is 9.78 Å². The number of pyridine rings is 1. The number of hydrogen-bond acceptors (Lipinski definition) is 6. The van der Waals surface area contributed by atoms with Crippen LogP contribution in [0.4, 0.5) is 10.8 Å². The standard InChI is InChI=1S/C23H19N3O3S/c1-15-12-20(19-10-6-7-11-21(19)24-15)22(28)29-13-17-14-30-23(25-17)26(16(2)27)18-8-4-3-5-9-18/h3-12,14H,13H2,1-2H3.